The molecule has 0 radical (unpaired) electrons. The van der Waals surface area contributed by atoms with Crippen molar-refractivity contribution in [3.05, 3.63) is 58.5 Å². The first-order chi connectivity index (χ1) is 9.45. The number of hydrogen-bond donors (Lipinski definition) is 0. The molecule has 20 heavy (non-hydrogen) atoms. The Morgan fingerprint density at radius 1 is 1.15 bits per heavy atom. The van der Waals surface area contributed by atoms with E-state index in [0.29, 0.717) is 13.1 Å². The fourth-order valence-electron chi connectivity index (χ4n) is 2.26. The second kappa shape index (κ2) is 6.06. The van der Waals surface area contributed by atoms with Gasteiger partial charge in [0.2, 0.25) is 0 Å². The fraction of sp³-hybridized carbons (Fsp3) is 0.353. The Morgan fingerprint density at radius 3 is 2.55 bits per heavy atom. The molecule has 0 saturated carbocycles. The molecule has 106 valence electrons. The molecule has 0 fully saturated rings. The third-order valence-corrected chi connectivity index (χ3v) is 3.33. The van der Waals surface area contributed by atoms with E-state index in [-0.39, 0.29) is 5.78 Å². The summed E-state index contributed by atoms with van der Waals surface area (Å²) in [7, 11) is 1.93. The largest absolute Gasteiger partial charge is 0.465 e. The molecule has 2 rings (SSSR count). The van der Waals surface area contributed by atoms with Gasteiger partial charge in [0.15, 0.2) is 5.78 Å². The number of furan rings is 1. The van der Waals surface area contributed by atoms with Crippen LogP contribution in [0.1, 0.15) is 33.0 Å². The van der Waals surface area contributed by atoms with Gasteiger partial charge in [-0.25, -0.2) is 0 Å². The van der Waals surface area contributed by atoms with Crippen LogP contribution >= 0.6 is 0 Å². The van der Waals surface area contributed by atoms with Gasteiger partial charge in [-0.05, 0) is 51.6 Å². The van der Waals surface area contributed by atoms with Crippen molar-refractivity contribution in [2.45, 2.75) is 27.3 Å². The number of benzene rings is 1. The number of carbonyl (C=O) groups is 1. The molecule has 2 aromatic rings. The second-order valence-corrected chi connectivity index (χ2v) is 5.43. The van der Waals surface area contributed by atoms with Crippen molar-refractivity contribution in [1.29, 1.82) is 0 Å². The molecule has 0 aliphatic carbocycles. The van der Waals surface area contributed by atoms with Gasteiger partial charge >= 0.3 is 0 Å². The van der Waals surface area contributed by atoms with Gasteiger partial charge in [0.25, 0.3) is 0 Å². The van der Waals surface area contributed by atoms with Gasteiger partial charge in [-0.2, -0.15) is 0 Å². The molecular formula is C17H21NO2. The highest BCUT2D eigenvalue weighted by Crippen LogP contribution is 2.13. The summed E-state index contributed by atoms with van der Waals surface area (Å²) >= 11 is 0. The van der Waals surface area contributed by atoms with E-state index in [1.54, 1.807) is 0 Å². The fourth-order valence-corrected chi connectivity index (χ4v) is 2.26. The van der Waals surface area contributed by atoms with E-state index in [1.807, 2.05) is 63.1 Å². The molecule has 0 atom stereocenters. The first-order valence-electron chi connectivity index (χ1n) is 6.80. The van der Waals surface area contributed by atoms with E-state index in [9.17, 15) is 4.79 Å². The van der Waals surface area contributed by atoms with Crippen molar-refractivity contribution in [1.82, 2.24) is 4.90 Å². The minimum Gasteiger partial charge on any atom is -0.465 e. The zero-order valence-electron chi connectivity index (χ0n) is 12.6. The topological polar surface area (TPSA) is 33.5 Å². The van der Waals surface area contributed by atoms with E-state index >= 15 is 0 Å². The molecular weight excluding hydrogens is 250 g/mol. The number of likely N-dealkylation sites (N-methyl/N-ethyl adjacent to an activating group) is 1. The van der Waals surface area contributed by atoms with E-state index in [0.717, 1.165) is 28.2 Å². The Labute approximate surface area is 120 Å². The molecule has 0 aliphatic heterocycles. The van der Waals surface area contributed by atoms with E-state index < -0.39 is 0 Å². The molecule has 0 amide bonds. The highest BCUT2D eigenvalue weighted by Gasteiger charge is 2.13. The Kier molecular flexibility index (Phi) is 4.40. The lowest BCUT2D eigenvalue weighted by Gasteiger charge is -2.15. The maximum atomic E-state index is 12.4. The number of rotatable bonds is 5. The monoisotopic (exact) mass is 271 g/mol. The zero-order chi connectivity index (χ0) is 14.7. The summed E-state index contributed by atoms with van der Waals surface area (Å²) in [6.07, 6.45) is 0. The molecule has 0 aliphatic rings. The van der Waals surface area contributed by atoms with Gasteiger partial charge in [0, 0.05) is 5.56 Å². The van der Waals surface area contributed by atoms with Gasteiger partial charge in [-0.15, -0.1) is 0 Å². The molecule has 0 N–H and O–H groups in total. The highest BCUT2D eigenvalue weighted by atomic mass is 16.3. The molecule has 1 heterocycles. The first-order valence-corrected chi connectivity index (χ1v) is 6.80. The standard InChI is InChI=1S/C17H21NO2/c1-12-5-6-13(2)16(9-12)17(19)11-18(4)10-15-8-7-14(3)20-15/h5-9H,10-11H2,1-4H3. The summed E-state index contributed by atoms with van der Waals surface area (Å²) in [4.78, 5) is 14.3. The smallest absolute Gasteiger partial charge is 0.177 e. The summed E-state index contributed by atoms with van der Waals surface area (Å²) in [6, 6.07) is 9.88. The number of carbonyl (C=O) groups excluding carboxylic acids is 1. The van der Waals surface area contributed by atoms with Crippen LogP contribution in [-0.2, 0) is 6.54 Å². The lowest BCUT2D eigenvalue weighted by Crippen LogP contribution is -2.26. The van der Waals surface area contributed by atoms with E-state index in [2.05, 4.69) is 0 Å². The number of nitrogens with zero attached hydrogens (tertiary/aromatic N) is 1. The highest BCUT2D eigenvalue weighted by molar-refractivity contribution is 5.99. The molecule has 0 spiro atoms. The van der Waals surface area contributed by atoms with Crippen LogP contribution in [0.3, 0.4) is 0 Å². The third kappa shape index (κ3) is 3.58. The summed E-state index contributed by atoms with van der Waals surface area (Å²) in [5.41, 5.74) is 2.96. The van der Waals surface area contributed by atoms with Gasteiger partial charge in [-0.1, -0.05) is 17.7 Å². The van der Waals surface area contributed by atoms with Crippen molar-refractivity contribution in [3.63, 3.8) is 0 Å². The Bertz CT molecular complexity index is 613. The average molecular weight is 271 g/mol. The number of hydrogen-bond acceptors (Lipinski definition) is 3. The summed E-state index contributed by atoms with van der Waals surface area (Å²) in [6.45, 7) is 6.94. The summed E-state index contributed by atoms with van der Waals surface area (Å²) in [5.74, 6) is 1.94. The molecule has 3 heteroatoms. The molecule has 0 bridgehead atoms. The molecule has 1 aromatic carbocycles. The van der Waals surface area contributed by atoms with Crippen molar-refractivity contribution < 1.29 is 9.21 Å². The number of aryl methyl sites for hydroxylation is 3. The van der Waals surface area contributed by atoms with Crippen LogP contribution < -0.4 is 0 Å². The Balaban J connectivity index is 2.02. The molecule has 3 nitrogen and oxygen atoms in total. The van der Waals surface area contributed by atoms with Crippen molar-refractivity contribution in [2.24, 2.45) is 0 Å². The Morgan fingerprint density at radius 2 is 1.90 bits per heavy atom. The normalized spacial score (nSPS) is 11.1. The van der Waals surface area contributed by atoms with Crippen LogP contribution in [-0.4, -0.2) is 24.3 Å². The first kappa shape index (κ1) is 14.5. The van der Waals surface area contributed by atoms with Crippen LogP contribution in [0.25, 0.3) is 0 Å². The third-order valence-electron chi connectivity index (χ3n) is 3.33. The van der Waals surface area contributed by atoms with E-state index in [4.69, 9.17) is 4.42 Å². The predicted octanol–water partition coefficient (Wildman–Crippen LogP) is 3.52. The van der Waals surface area contributed by atoms with E-state index in [1.165, 1.54) is 0 Å². The maximum absolute atomic E-state index is 12.4. The lowest BCUT2D eigenvalue weighted by atomic mass is 10.0. The number of ketones is 1. The van der Waals surface area contributed by atoms with Crippen LogP contribution in [0.5, 0.6) is 0 Å². The quantitative estimate of drug-likeness (QED) is 0.780. The van der Waals surface area contributed by atoms with Crippen LogP contribution in [0.15, 0.2) is 34.7 Å². The summed E-state index contributed by atoms with van der Waals surface area (Å²) < 4.78 is 5.53. The van der Waals surface area contributed by atoms with Crippen LogP contribution in [0, 0.1) is 20.8 Å². The second-order valence-electron chi connectivity index (χ2n) is 5.43. The van der Waals surface area contributed by atoms with Crippen molar-refractivity contribution in [2.75, 3.05) is 13.6 Å². The Hall–Kier alpha value is -1.87. The molecule has 0 unspecified atom stereocenters. The van der Waals surface area contributed by atoms with Gasteiger partial charge < -0.3 is 4.42 Å². The van der Waals surface area contributed by atoms with Gasteiger partial charge in [-0.3, -0.25) is 9.69 Å². The zero-order valence-corrected chi connectivity index (χ0v) is 12.6. The molecule has 1 aromatic heterocycles. The van der Waals surface area contributed by atoms with Crippen LogP contribution in [0.2, 0.25) is 0 Å². The van der Waals surface area contributed by atoms with Crippen molar-refractivity contribution in [3.8, 4) is 0 Å². The van der Waals surface area contributed by atoms with Crippen molar-refractivity contribution >= 4 is 5.78 Å². The minimum atomic E-state index is 0.150. The lowest BCUT2D eigenvalue weighted by molar-refractivity contribution is 0.0939. The summed E-state index contributed by atoms with van der Waals surface area (Å²) in [5, 5.41) is 0. The van der Waals surface area contributed by atoms with Gasteiger partial charge in [0.1, 0.15) is 11.5 Å². The SMILES string of the molecule is Cc1ccc(C)c(C(=O)CN(C)Cc2ccc(C)o2)c1. The maximum Gasteiger partial charge on any atom is 0.177 e. The average Bonchev–Trinajstić information content (AvgIpc) is 2.77. The van der Waals surface area contributed by atoms with Crippen LogP contribution in [0.4, 0.5) is 0 Å². The van der Waals surface area contributed by atoms with Gasteiger partial charge in [0.05, 0.1) is 13.1 Å². The molecule has 0 saturated heterocycles. The number of Topliss-reactive ketones (excluding diaryl/α,β-unsaturated/α-hetero) is 1. The predicted molar refractivity (Wildman–Crippen MR) is 80.0 cm³/mol. The minimum absolute atomic E-state index is 0.150.